The summed E-state index contributed by atoms with van der Waals surface area (Å²) in [5, 5.41) is 13.3. The van der Waals surface area contributed by atoms with E-state index in [9.17, 15) is 9.18 Å². The largest absolute Gasteiger partial charge is 0.478 e. The molecule has 5 heteroatoms. The minimum atomic E-state index is -1.00. The van der Waals surface area contributed by atoms with E-state index in [4.69, 9.17) is 5.11 Å². The van der Waals surface area contributed by atoms with E-state index in [0.717, 1.165) is 0 Å². The number of carboxylic acids is 1. The van der Waals surface area contributed by atoms with Crippen molar-refractivity contribution in [2.24, 2.45) is 0 Å². The molecule has 1 aromatic carbocycles. The van der Waals surface area contributed by atoms with Crippen molar-refractivity contribution in [2.45, 2.75) is 20.8 Å². The van der Waals surface area contributed by atoms with E-state index < -0.39 is 5.97 Å². The van der Waals surface area contributed by atoms with Crippen LogP contribution in [0.2, 0.25) is 0 Å². The lowest BCUT2D eigenvalue weighted by Crippen LogP contribution is -2.04. The maximum Gasteiger partial charge on any atom is 0.339 e. The van der Waals surface area contributed by atoms with E-state index >= 15 is 0 Å². The summed E-state index contributed by atoms with van der Waals surface area (Å²) in [6.45, 7) is 5.09. The van der Waals surface area contributed by atoms with Crippen LogP contribution in [0.25, 0.3) is 5.69 Å². The molecule has 0 fully saturated rings. The molecule has 0 amide bonds. The number of hydrogen-bond donors (Lipinski definition) is 1. The number of hydrogen-bond acceptors (Lipinski definition) is 2. The third-order valence-electron chi connectivity index (χ3n) is 2.89. The minimum absolute atomic E-state index is 0.193. The van der Waals surface area contributed by atoms with Crippen LogP contribution in [-0.2, 0) is 0 Å². The molecule has 0 aliphatic heterocycles. The Morgan fingerprint density at radius 2 is 2.00 bits per heavy atom. The molecule has 0 atom stereocenters. The van der Waals surface area contributed by atoms with Crippen LogP contribution in [0, 0.1) is 26.6 Å². The molecule has 0 aliphatic rings. The van der Waals surface area contributed by atoms with Gasteiger partial charge in [0.15, 0.2) is 0 Å². The Kier molecular flexibility index (Phi) is 2.90. The Bertz CT molecular complexity index is 632. The van der Waals surface area contributed by atoms with Crippen molar-refractivity contribution in [3.05, 3.63) is 46.5 Å². The second kappa shape index (κ2) is 4.25. The smallest absolute Gasteiger partial charge is 0.339 e. The average molecular weight is 248 g/mol. The summed E-state index contributed by atoms with van der Waals surface area (Å²) in [7, 11) is 0. The van der Waals surface area contributed by atoms with Gasteiger partial charge in [-0.1, -0.05) is 0 Å². The highest BCUT2D eigenvalue weighted by atomic mass is 19.1. The lowest BCUT2D eigenvalue weighted by Gasteiger charge is -2.08. The molecule has 2 aromatic rings. The van der Waals surface area contributed by atoms with E-state index in [0.29, 0.717) is 22.6 Å². The van der Waals surface area contributed by atoms with Gasteiger partial charge >= 0.3 is 5.97 Å². The van der Waals surface area contributed by atoms with Crippen LogP contribution in [0.1, 0.15) is 27.3 Å². The van der Waals surface area contributed by atoms with Gasteiger partial charge in [-0.2, -0.15) is 5.10 Å². The van der Waals surface area contributed by atoms with Crippen LogP contribution in [0.15, 0.2) is 18.2 Å². The van der Waals surface area contributed by atoms with Crippen molar-refractivity contribution >= 4 is 5.97 Å². The summed E-state index contributed by atoms with van der Waals surface area (Å²) in [4.78, 5) is 11.1. The highest BCUT2D eigenvalue weighted by molar-refractivity contribution is 5.90. The summed E-state index contributed by atoms with van der Waals surface area (Å²) >= 11 is 0. The summed E-state index contributed by atoms with van der Waals surface area (Å²) in [6, 6.07) is 4.32. The van der Waals surface area contributed by atoms with Crippen molar-refractivity contribution < 1.29 is 14.3 Å². The fourth-order valence-electron chi connectivity index (χ4n) is 2.04. The zero-order valence-corrected chi connectivity index (χ0v) is 10.4. The number of aromatic carboxylic acids is 1. The number of aryl methyl sites for hydroxylation is 2. The van der Waals surface area contributed by atoms with E-state index in [1.807, 2.05) is 0 Å². The van der Waals surface area contributed by atoms with E-state index in [1.54, 1.807) is 26.8 Å². The Balaban J connectivity index is 2.65. The van der Waals surface area contributed by atoms with Gasteiger partial charge in [0.25, 0.3) is 0 Å². The highest BCUT2D eigenvalue weighted by Crippen LogP contribution is 2.21. The average Bonchev–Trinajstić information content (AvgIpc) is 2.54. The fraction of sp³-hybridized carbons (Fsp3) is 0.231. The molecule has 0 aliphatic carbocycles. The van der Waals surface area contributed by atoms with Gasteiger partial charge in [0.05, 0.1) is 17.1 Å². The quantitative estimate of drug-likeness (QED) is 0.888. The standard InChI is InChI=1S/C13H13FN2O2/c1-7-6-10(14)4-5-11(7)16-9(3)12(13(17)18)8(2)15-16/h4-6H,1-3H3,(H,17,18). The van der Waals surface area contributed by atoms with Crippen LogP contribution in [-0.4, -0.2) is 20.9 Å². The van der Waals surface area contributed by atoms with Gasteiger partial charge in [0, 0.05) is 0 Å². The molecule has 0 bridgehead atoms. The SMILES string of the molecule is Cc1cc(F)ccc1-n1nc(C)c(C(=O)O)c1C. The Labute approximate surface area is 104 Å². The van der Waals surface area contributed by atoms with Crippen LogP contribution in [0.4, 0.5) is 4.39 Å². The molecule has 0 saturated heterocycles. The van der Waals surface area contributed by atoms with Gasteiger partial charge in [0.2, 0.25) is 0 Å². The van der Waals surface area contributed by atoms with E-state index in [2.05, 4.69) is 5.10 Å². The molecule has 1 aromatic heterocycles. The highest BCUT2D eigenvalue weighted by Gasteiger charge is 2.19. The predicted octanol–water partition coefficient (Wildman–Crippen LogP) is 2.63. The van der Waals surface area contributed by atoms with Gasteiger partial charge in [-0.3, -0.25) is 0 Å². The second-order valence-electron chi connectivity index (χ2n) is 4.19. The number of carboxylic acid groups (broad SMARTS) is 1. The van der Waals surface area contributed by atoms with Gasteiger partial charge in [-0.25, -0.2) is 13.9 Å². The molecule has 4 nitrogen and oxygen atoms in total. The molecule has 0 spiro atoms. The van der Waals surface area contributed by atoms with Crippen molar-refractivity contribution in [2.75, 3.05) is 0 Å². The van der Waals surface area contributed by atoms with Crippen LogP contribution >= 0.6 is 0 Å². The van der Waals surface area contributed by atoms with Gasteiger partial charge < -0.3 is 5.11 Å². The van der Waals surface area contributed by atoms with Crippen LogP contribution < -0.4 is 0 Å². The van der Waals surface area contributed by atoms with Crippen molar-refractivity contribution in [3.8, 4) is 5.69 Å². The molecule has 94 valence electrons. The number of halogens is 1. The van der Waals surface area contributed by atoms with Gasteiger partial charge in [-0.15, -0.1) is 0 Å². The first-order chi connectivity index (χ1) is 8.41. The van der Waals surface area contributed by atoms with Crippen molar-refractivity contribution in [1.82, 2.24) is 9.78 Å². The molecule has 1 heterocycles. The van der Waals surface area contributed by atoms with Gasteiger partial charge in [-0.05, 0) is 44.5 Å². The molecule has 2 rings (SSSR count). The number of nitrogens with zero attached hydrogens (tertiary/aromatic N) is 2. The topological polar surface area (TPSA) is 55.1 Å². The third kappa shape index (κ3) is 1.88. The minimum Gasteiger partial charge on any atom is -0.478 e. The first kappa shape index (κ1) is 12.3. The molecular formula is C13H13FN2O2. The third-order valence-corrected chi connectivity index (χ3v) is 2.89. The Morgan fingerprint density at radius 1 is 1.33 bits per heavy atom. The number of benzene rings is 1. The summed E-state index contributed by atoms with van der Waals surface area (Å²) in [5.74, 6) is -1.33. The predicted molar refractivity (Wildman–Crippen MR) is 64.7 cm³/mol. The Hall–Kier alpha value is -2.17. The number of rotatable bonds is 2. The van der Waals surface area contributed by atoms with Gasteiger partial charge in [0.1, 0.15) is 11.4 Å². The molecule has 1 N–H and O–H groups in total. The van der Waals surface area contributed by atoms with Crippen LogP contribution in [0.3, 0.4) is 0 Å². The first-order valence-electron chi connectivity index (χ1n) is 5.48. The van der Waals surface area contributed by atoms with E-state index in [-0.39, 0.29) is 11.4 Å². The number of aromatic nitrogens is 2. The Morgan fingerprint density at radius 3 is 2.50 bits per heavy atom. The summed E-state index contributed by atoms with van der Waals surface area (Å²) in [5.41, 5.74) is 2.57. The molecule has 0 radical (unpaired) electrons. The van der Waals surface area contributed by atoms with Crippen LogP contribution in [0.5, 0.6) is 0 Å². The maximum absolute atomic E-state index is 13.1. The lowest BCUT2D eigenvalue weighted by atomic mass is 10.1. The zero-order valence-electron chi connectivity index (χ0n) is 10.4. The zero-order chi connectivity index (χ0) is 13.4. The molecule has 0 unspecified atom stereocenters. The molecule has 18 heavy (non-hydrogen) atoms. The number of carbonyl (C=O) groups is 1. The fourth-order valence-corrected chi connectivity index (χ4v) is 2.04. The molecular weight excluding hydrogens is 235 g/mol. The monoisotopic (exact) mass is 248 g/mol. The summed E-state index contributed by atoms with van der Waals surface area (Å²) in [6.07, 6.45) is 0. The lowest BCUT2D eigenvalue weighted by molar-refractivity contribution is 0.0695. The normalized spacial score (nSPS) is 10.7. The summed E-state index contributed by atoms with van der Waals surface area (Å²) < 4.78 is 14.6. The maximum atomic E-state index is 13.1. The van der Waals surface area contributed by atoms with Crippen molar-refractivity contribution in [1.29, 1.82) is 0 Å². The molecule has 0 saturated carbocycles. The second-order valence-corrected chi connectivity index (χ2v) is 4.19. The van der Waals surface area contributed by atoms with Crippen molar-refractivity contribution in [3.63, 3.8) is 0 Å². The first-order valence-corrected chi connectivity index (χ1v) is 5.48. The van der Waals surface area contributed by atoms with E-state index in [1.165, 1.54) is 16.8 Å².